The second kappa shape index (κ2) is 8.43. The summed E-state index contributed by atoms with van der Waals surface area (Å²) in [6, 6.07) is 6.22. The van der Waals surface area contributed by atoms with Crippen molar-refractivity contribution in [1.82, 2.24) is 19.8 Å². The van der Waals surface area contributed by atoms with Crippen LogP contribution in [0, 0.1) is 5.92 Å². The molecule has 1 atom stereocenters. The van der Waals surface area contributed by atoms with Gasteiger partial charge in [-0.1, -0.05) is 6.92 Å². The standard InChI is InChI=1S/C17H24N4O3S2/c1-13-4-2-10-21(12-13)11-3-9-18-26(23,24)17-8-6-15(25-17)14-5-7-16(22)20-19-14/h5-8,13,18H,2-4,9-12H2,1H3,(H,20,22)/t13-/m0/s1. The van der Waals surface area contributed by atoms with Crippen LogP contribution in [0.25, 0.3) is 10.6 Å². The zero-order valence-electron chi connectivity index (χ0n) is 14.8. The van der Waals surface area contributed by atoms with Gasteiger partial charge in [-0.15, -0.1) is 11.3 Å². The van der Waals surface area contributed by atoms with Gasteiger partial charge in [0.25, 0.3) is 5.56 Å². The van der Waals surface area contributed by atoms with Crippen molar-refractivity contribution in [3.8, 4) is 10.6 Å². The number of H-pyrrole nitrogens is 1. The molecule has 2 N–H and O–H groups in total. The largest absolute Gasteiger partial charge is 0.303 e. The number of thiophene rings is 1. The molecule has 2 aromatic rings. The Morgan fingerprint density at radius 3 is 2.92 bits per heavy atom. The van der Waals surface area contributed by atoms with E-state index < -0.39 is 10.0 Å². The smallest absolute Gasteiger partial charge is 0.264 e. The van der Waals surface area contributed by atoms with Gasteiger partial charge >= 0.3 is 0 Å². The number of aromatic amines is 1. The lowest BCUT2D eigenvalue weighted by Gasteiger charge is -2.30. The Bertz CT molecular complexity index is 871. The molecule has 3 heterocycles. The maximum absolute atomic E-state index is 12.4. The summed E-state index contributed by atoms with van der Waals surface area (Å²) in [5.41, 5.74) is 0.262. The molecule has 0 amide bonds. The number of nitrogens with one attached hydrogen (secondary N) is 2. The van der Waals surface area contributed by atoms with E-state index in [4.69, 9.17) is 0 Å². The molecule has 26 heavy (non-hydrogen) atoms. The van der Waals surface area contributed by atoms with E-state index >= 15 is 0 Å². The Balaban J connectivity index is 1.53. The van der Waals surface area contributed by atoms with E-state index in [1.165, 1.54) is 18.9 Å². The molecule has 1 aliphatic rings. The molecule has 0 aromatic carbocycles. The van der Waals surface area contributed by atoms with E-state index in [1.807, 2.05) is 0 Å². The van der Waals surface area contributed by atoms with Gasteiger partial charge in [-0.25, -0.2) is 18.2 Å². The Hall–Kier alpha value is -1.55. The zero-order valence-corrected chi connectivity index (χ0v) is 16.4. The Morgan fingerprint density at radius 2 is 2.19 bits per heavy atom. The van der Waals surface area contributed by atoms with Gasteiger partial charge in [0, 0.05) is 19.2 Å². The number of hydrogen-bond donors (Lipinski definition) is 2. The zero-order chi connectivity index (χ0) is 18.6. The van der Waals surface area contributed by atoms with Crippen molar-refractivity contribution in [3.63, 3.8) is 0 Å². The summed E-state index contributed by atoms with van der Waals surface area (Å²) in [6.45, 7) is 5.83. The van der Waals surface area contributed by atoms with E-state index in [-0.39, 0.29) is 9.77 Å². The number of hydrogen-bond acceptors (Lipinski definition) is 6. The lowest BCUT2D eigenvalue weighted by Crippen LogP contribution is -2.36. The van der Waals surface area contributed by atoms with Gasteiger partial charge in [-0.05, 0) is 56.5 Å². The van der Waals surface area contributed by atoms with E-state index in [0.717, 1.165) is 43.3 Å². The highest BCUT2D eigenvalue weighted by Gasteiger charge is 2.19. The number of nitrogens with zero attached hydrogens (tertiary/aromatic N) is 2. The molecule has 0 bridgehead atoms. The van der Waals surface area contributed by atoms with E-state index in [0.29, 0.717) is 17.1 Å². The van der Waals surface area contributed by atoms with Gasteiger partial charge in [0.1, 0.15) is 9.90 Å². The van der Waals surface area contributed by atoms with Gasteiger partial charge in [0.05, 0.1) is 4.88 Å². The Labute approximate surface area is 157 Å². The molecule has 2 aromatic heterocycles. The Kier molecular flexibility index (Phi) is 6.23. The quantitative estimate of drug-likeness (QED) is 0.697. The molecular formula is C17H24N4O3S2. The first-order chi connectivity index (χ1) is 12.4. The fraction of sp³-hybridized carbons (Fsp3) is 0.529. The summed E-state index contributed by atoms with van der Waals surface area (Å²) in [6.07, 6.45) is 3.31. The topological polar surface area (TPSA) is 95.2 Å². The average molecular weight is 397 g/mol. The molecular weight excluding hydrogens is 372 g/mol. The second-order valence-corrected chi connectivity index (χ2v) is 9.80. The molecule has 9 heteroatoms. The van der Waals surface area contributed by atoms with E-state index in [9.17, 15) is 13.2 Å². The maximum Gasteiger partial charge on any atom is 0.264 e. The first-order valence-corrected chi connectivity index (χ1v) is 11.1. The van der Waals surface area contributed by atoms with Crippen molar-refractivity contribution in [1.29, 1.82) is 0 Å². The molecule has 0 saturated carbocycles. The highest BCUT2D eigenvalue weighted by molar-refractivity contribution is 7.91. The van der Waals surface area contributed by atoms with E-state index in [1.54, 1.807) is 18.2 Å². The third kappa shape index (κ3) is 5.00. The van der Waals surface area contributed by atoms with Crippen molar-refractivity contribution in [2.75, 3.05) is 26.2 Å². The van der Waals surface area contributed by atoms with Crippen LogP contribution in [0.2, 0.25) is 0 Å². The monoisotopic (exact) mass is 396 g/mol. The normalized spacial score (nSPS) is 18.9. The second-order valence-electron chi connectivity index (χ2n) is 6.72. The molecule has 142 valence electrons. The number of aromatic nitrogens is 2. The predicted molar refractivity (Wildman–Crippen MR) is 103 cm³/mol. The van der Waals surface area contributed by atoms with Crippen molar-refractivity contribution in [2.24, 2.45) is 5.92 Å². The van der Waals surface area contributed by atoms with Crippen molar-refractivity contribution < 1.29 is 8.42 Å². The van der Waals surface area contributed by atoms with Gasteiger partial charge in [-0.3, -0.25) is 4.79 Å². The summed E-state index contributed by atoms with van der Waals surface area (Å²) in [5, 5.41) is 6.28. The third-order valence-electron chi connectivity index (χ3n) is 4.46. The number of rotatable bonds is 7. The predicted octanol–water partition coefficient (Wildman–Crippen LogP) is 1.90. The van der Waals surface area contributed by atoms with Crippen LogP contribution in [0.15, 0.2) is 33.3 Å². The molecule has 1 saturated heterocycles. The van der Waals surface area contributed by atoms with Crippen molar-refractivity contribution in [3.05, 3.63) is 34.6 Å². The highest BCUT2D eigenvalue weighted by Crippen LogP contribution is 2.28. The van der Waals surface area contributed by atoms with Crippen LogP contribution in [0.1, 0.15) is 26.2 Å². The lowest BCUT2D eigenvalue weighted by molar-refractivity contribution is 0.182. The van der Waals surface area contributed by atoms with Gasteiger partial charge < -0.3 is 4.90 Å². The number of sulfonamides is 1. The SMILES string of the molecule is C[C@H]1CCCN(CCCNS(=O)(=O)c2ccc(-c3ccc(=O)[nH]n3)s2)C1. The highest BCUT2D eigenvalue weighted by atomic mass is 32.2. The summed E-state index contributed by atoms with van der Waals surface area (Å²) < 4.78 is 27.8. The van der Waals surface area contributed by atoms with Gasteiger partial charge in [-0.2, -0.15) is 5.10 Å². The van der Waals surface area contributed by atoms with Crippen LogP contribution in [-0.2, 0) is 10.0 Å². The molecule has 0 aliphatic carbocycles. The maximum atomic E-state index is 12.4. The first-order valence-electron chi connectivity index (χ1n) is 8.82. The van der Waals surface area contributed by atoms with Crippen LogP contribution in [0.4, 0.5) is 0 Å². The van der Waals surface area contributed by atoms with Crippen LogP contribution in [0.3, 0.4) is 0 Å². The van der Waals surface area contributed by atoms with Crippen LogP contribution < -0.4 is 10.3 Å². The molecule has 7 nitrogen and oxygen atoms in total. The minimum atomic E-state index is -3.52. The molecule has 0 radical (unpaired) electrons. The summed E-state index contributed by atoms with van der Waals surface area (Å²) >= 11 is 1.14. The van der Waals surface area contributed by atoms with Crippen LogP contribution in [0.5, 0.6) is 0 Å². The van der Waals surface area contributed by atoms with E-state index in [2.05, 4.69) is 26.7 Å². The van der Waals surface area contributed by atoms with Crippen LogP contribution in [-0.4, -0.2) is 49.7 Å². The molecule has 0 spiro atoms. The summed E-state index contributed by atoms with van der Waals surface area (Å²) in [7, 11) is -3.52. The Morgan fingerprint density at radius 1 is 1.35 bits per heavy atom. The number of piperidine rings is 1. The lowest BCUT2D eigenvalue weighted by atomic mass is 10.0. The fourth-order valence-electron chi connectivity index (χ4n) is 3.15. The third-order valence-corrected chi connectivity index (χ3v) is 7.52. The van der Waals surface area contributed by atoms with Crippen molar-refractivity contribution in [2.45, 2.75) is 30.4 Å². The average Bonchev–Trinajstić information content (AvgIpc) is 3.11. The number of likely N-dealkylation sites (tertiary alicyclic amines) is 1. The fourth-order valence-corrected chi connectivity index (χ4v) is 5.55. The minimum absolute atomic E-state index is 0.257. The molecule has 1 fully saturated rings. The summed E-state index contributed by atoms with van der Waals surface area (Å²) in [4.78, 5) is 14.2. The van der Waals surface area contributed by atoms with Crippen molar-refractivity contribution >= 4 is 21.4 Å². The van der Waals surface area contributed by atoms with Gasteiger partial charge in [0.2, 0.25) is 10.0 Å². The molecule has 0 unspecified atom stereocenters. The molecule has 3 rings (SSSR count). The van der Waals surface area contributed by atoms with Crippen LogP contribution >= 0.6 is 11.3 Å². The minimum Gasteiger partial charge on any atom is -0.303 e. The molecule has 1 aliphatic heterocycles. The summed E-state index contributed by atoms with van der Waals surface area (Å²) in [5.74, 6) is 0.728. The van der Waals surface area contributed by atoms with Gasteiger partial charge in [0.15, 0.2) is 0 Å². The first kappa shape index (κ1) is 19.2.